The highest BCUT2D eigenvalue weighted by atomic mass is 32.2. The van der Waals surface area contributed by atoms with Crippen molar-refractivity contribution in [2.45, 2.75) is 31.6 Å². The third kappa shape index (κ3) is 7.24. The molecule has 0 rings (SSSR count). The first-order valence-electron chi connectivity index (χ1n) is 5.03. The van der Waals surface area contributed by atoms with Crippen LogP contribution in [0.2, 0.25) is 0 Å². The van der Waals surface area contributed by atoms with Crippen molar-refractivity contribution in [2.75, 3.05) is 6.26 Å². The molecule has 5 N–H and O–H groups in total. The predicted octanol–water partition coefficient (Wildman–Crippen LogP) is 0.676. The number of primary amides is 2. The Morgan fingerprint density at radius 3 is 1.68 bits per heavy atom. The smallest absolute Gasteiger partial charge is 0.414 e. The van der Waals surface area contributed by atoms with E-state index in [-0.39, 0.29) is 0 Å². The molecule has 0 aliphatic rings. The van der Waals surface area contributed by atoms with Crippen LogP contribution in [-0.2, 0) is 14.2 Å². The third-order valence-corrected chi connectivity index (χ3v) is 2.20. The lowest BCUT2D eigenvalue weighted by atomic mass is 10.2. The normalized spacial score (nSPS) is 11.4. The first kappa shape index (κ1) is 17.2. The van der Waals surface area contributed by atoms with Gasteiger partial charge in [-0.3, -0.25) is 0 Å². The van der Waals surface area contributed by atoms with Crippen molar-refractivity contribution in [2.24, 2.45) is 11.5 Å². The molecular formula is C9H17N3O6S. The highest BCUT2D eigenvalue weighted by molar-refractivity contribution is 7.99. The van der Waals surface area contributed by atoms with Crippen molar-refractivity contribution in [1.29, 1.82) is 0 Å². The van der Waals surface area contributed by atoms with Crippen molar-refractivity contribution >= 4 is 30.0 Å². The fraction of sp³-hybridized carbons (Fsp3) is 0.667. The Balaban J connectivity index is 4.97. The van der Waals surface area contributed by atoms with Gasteiger partial charge < -0.3 is 25.7 Å². The SMILES string of the molecule is CSC(NC(=O)OC(C)(C)C)(OC(N)=O)OC(N)=O. The minimum Gasteiger partial charge on any atom is -0.444 e. The van der Waals surface area contributed by atoms with E-state index >= 15 is 0 Å². The number of amides is 3. The quantitative estimate of drug-likeness (QED) is 0.647. The molecule has 0 bridgehead atoms. The van der Waals surface area contributed by atoms with E-state index in [0.717, 1.165) is 0 Å². The number of alkyl carbamates (subject to hydrolysis) is 1. The zero-order valence-electron chi connectivity index (χ0n) is 11.0. The van der Waals surface area contributed by atoms with Gasteiger partial charge in [0.05, 0.1) is 0 Å². The van der Waals surface area contributed by atoms with Crippen LogP contribution in [0.15, 0.2) is 0 Å². The molecule has 0 heterocycles. The number of carbonyl (C=O) groups is 3. The van der Waals surface area contributed by atoms with Gasteiger partial charge in [-0.05, 0) is 38.8 Å². The molecule has 0 saturated heterocycles. The van der Waals surface area contributed by atoms with Crippen molar-refractivity contribution in [3.05, 3.63) is 0 Å². The van der Waals surface area contributed by atoms with Gasteiger partial charge in [-0.15, -0.1) is 0 Å². The summed E-state index contributed by atoms with van der Waals surface area (Å²) in [5.41, 5.74) is 8.87. The van der Waals surface area contributed by atoms with Gasteiger partial charge in [0.1, 0.15) is 5.60 Å². The molecular weight excluding hydrogens is 278 g/mol. The Hall–Kier alpha value is -1.84. The van der Waals surface area contributed by atoms with Crippen LogP contribution in [0.4, 0.5) is 14.4 Å². The maximum atomic E-state index is 11.6. The molecule has 0 aliphatic heterocycles. The van der Waals surface area contributed by atoms with Crippen molar-refractivity contribution in [3.8, 4) is 0 Å². The molecule has 10 heteroatoms. The lowest BCUT2D eigenvalue weighted by Gasteiger charge is -2.30. The molecule has 0 aromatic heterocycles. The highest BCUT2D eigenvalue weighted by Gasteiger charge is 2.41. The second-order valence-electron chi connectivity index (χ2n) is 4.23. The summed E-state index contributed by atoms with van der Waals surface area (Å²) in [5, 5.41) is -0.125. The van der Waals surface area contributed by atoms with Crippen LogP contribution in [-0.4, -0.2) is 35.4 Å². The number of ether oxygens (including phenoxy) is 3. The number of nitrogens with two attached hydrogens (primary N) is 2. The molecule has 9 nitrogen and oxygen atoms in total. The van der Waals surface area contributed by atoms with Crippen molar-refractivity contribution in [1.82, 2.24) is 5.32 Å². The van der Waals surface area contributed by atoms with Gasteiger partial charge in [0.15, 0.2) is 0 Å². The first-order chi connectivity index (χ1) is 8.49. The molecule has 0 aromatic rings. The van der Waals surface area contributed by atoms with E-state index < -0.39 is 29.1 Å². The molecule has 0 aromatic carbocycles. The van der Waals surface area contributed by atoms with E-state index in [0.29, 0.717) is 11.8 Å². The van der Waals surface area contributed by atoms with Gasteiger partial charge in [-0.1, -0.05) is 0 Å². The van der Waals surface area contributed by atoms with Gasteiger partial charge in [0, 0.05) is 0 Å². The Bertz CT molecular complexity index is 351. The Labute approximate surface area is 114 Å². The van der Waals surface area contributed by atoms with Gasteiger partial charge in [-0.2, -0.15) is 0 Å². The summed E-state index contributed by atoms with van der Waals surface area (Å²) < 4.78 is 14.0. The Morgan fingerprint density at radius 1 is 1.00 bits per heavy atom. The molecule has 0 unspecified atom stereocenters. The van der Waals surface area contributed by atoms with E-state index in [1.807, 2.05) is 0 Å². The molecule has 0 radical (unpaired) electrons. The minimum atomic E-state index is -2.18. The summed E-state index contributed by atoms with van der Waals surface area (Å²) in [6.07, 6.45) is -2.13. The zero-order chi connectivity index (χ0) is 15.3. The molecule has 0 aliphatic carbocycles. The number of nitrogens with one attached hydrogen (secondary N) is 1. The second-order valence-corrected chi connectivity index (χ2v) is 5.18. The van der Waals surface area contributed by atoms with Gasteiger partial charge in [-0.25, -0.2) is 19.7 Å². The van der Waals surface area contributed by atoms with Crippen LogP contribution >= 0.6 is 11.8 Å². The first-order valence-corrected chi connectivity index (χ1v) is 6.25. The number of rotatable bonds is 4. The van der Waals surface area contributed by atoms with E-state index in [4.69, 9.17) is 16.2 Å². The standard InChI is InChI=1S/C9H17N3O6S/c1-8(2,3)18-7(15)12-9(19-4,16-5(10)13)17-6(11)14/h1-4H3,(H2,10,13)(H2,11,14)(H,12,15). The van der Waals surface area contributed by atoms with Gasteiger partial charge in [0.25, 0.3) is 0 Å². The average molecular weight is 295 g/mol. The maximum Gasteiger partial charge on any atom is 0.414 e. The molecule has 0 fully saturated rings. The maximum absolute atomic E-state index is 11.6. The third-order valence-electron chi connectivity index (χ3n) is 1.39. The molecule has 0 saturated carbocycles. The summed E-state index contributed by atoms with van der Waals surface area (Å²) in [6, 6.07) is 0. The Morgan fingerprint density at radius 2 is 1.42 bits per heavy atom. The predicted molar refractivity (Wildman–Crippen MR) is 67.0 cm³/mol. The topological polar surface area (TPSA) is 143 Å². The van der Waals surface area contributed by atoms with E-state index in [9.17, 15) is 14.4 Å². The minimum absolute atomic E-state index is 0.670. The summed E-state index contributed by atoms with van der Waals surface area (Å²) >= 11 is 0.670. The van der Waals surface area contributed by atoms with Crippen LogP contribution in [0.3, 0.4) is 0 Å². The summed E-state index contributed by atoms with van der Waals surface area (Å²) in [7, 11) is 0. The monoisotopic (exact) mass is 295 g/mol. The van der Waals surface area contributed by atoms with Crippen LogP contribution in [0.25, 0.3) is 0 Å². The fourth-order valence-corrected chi connectivity index (χ4v) is 1.42. The number of hydrogen-bond donors (Lipinski definition) is 3. The van der Waals surface area contributed by atoms with E-state index in [2.05, 4.69) is 14.8 Å². The summed E-state index contributed by atoms with van der Waals surface area (Å²) in [4.78, 5) is 33.2. The lowest BCUT2D eigenvalue weighted by Crippen LogP contribution is -2.54. The Kier molecular flexibility index (Phi) is 5.75. The van der Waals surface area contributed by atoms with Crippen LogP contribution < -0.4 is 16.8 Å². The van der Waals surface area contributed by atoms with Crippen LogP contribution in [0, 0.1) is 0 Å². The van der Waals surface area contributed by atoms with E-state index in [1.54, 1.807) is 20.8 Å². The number of hydrogen-bond acceptors (Lipinski definition) is 7. The fourth-order valence-electron chi connectivity index (χ4n) is 0.900. The number of carbonyl (C=O) groups excluding carboxylic acids is 3. The van der Waals surface area contributed by atoms with Gasteiger partial charge >= 0.3 is 23.5 Å². The number of thioether (sulfide) groups is 1. The summed E-state index contributed by atoms with van der Waals surface area (Å²) in [6.45, 7) is 4.87. The molecule has 110 valence electrons. The largest absolute Gasteiger partial charge is 0.444 e. The molecule has 19 heavy (non-hydrogen) atoms. The van der Waals surface area contributed by atoms with Crippen molar-refractivity contribution < 1.29 is 28.6 Å². The van der Waals surface area contributed by atoms with Crippen molar-refractivity contribution in [3.63, 3.8) is 0 Å². The lowest BCUT2D eigenvalue weighted by molar-refractivity contribution is -0.106. The van der Waals surface area contributed by atoms with Crippen LogP contribution in [0.5, 0.6) is 0 Å². The summed E-state index contributed by atoms with van der Waals surface area (Å²) in [5.74, 6) is 0. The van der Waals surface area contributed by atoms with E-state index in [1.165, 1.54) is 6.26 Å². The van der Waals surface area contributed by atoms with Gasteiger partial charge in [0.2, 0.25) is 0 Å². The van der Waals surface area contributed by atoms with Crippen LogP contribution in [0.1, 0.15) is 20.8 Å². The molecule has 0 atom stereocenters. The average Bonchev–Trinajstić information content (AvgIpc) is 2.11. The molecule has 3 amide bonds. The zero-order valence-corrected chi connectivity index (χ0v) is 11.8. The molecule has 0 spiro atoms. The second kappa shape index (κ2) is 6.36. The highest BCUT2D eigenvalue weighted by Crippen LogP contribution is 2.24.